The second kappa shape index (κ2) is 8.73. The standard InChI is InChI=1S/C23H19BrFN4O4S.Li/c24-14-8-16-21(26-9-14)27-22(28-34(16,32)33)18-20(30)17-12-3-4-13(7-12)19(17)29(23(18)31)10-11-1-5-15(25)6-2-11;/h1-2,5-6,8-9,12-13,17,30H,3-4,7,10H2,(H,26,27,28);/q-1;+1/t12-,13+,17+;/m0./s1. The molecule has 12 heteroatoms. The molecule has 8 nitrogen and oxygen atoms in total. The molecule has 3 atom stereocenters. The Hall–Kier alpha value is -2.19. The molecule has 0 radical (unpaired) electrons. The molecule has 1 aromatic carbocycles. The van der Waals surface area contributed by atoms with Gasteiger partial charge in [-0.25, -0.2) is 15.4 Å². The van der Waals surface area contributed by atoms with Crippen LogP contribution in [0.1, 0.15) is 24.8 Å². The third-order valence-electron chi connectivity index (χ3n) is 7.04. The number of nitrogens with one attached hydrogen (secondary N) is 1. The van der Waals surface area contributed by atoms with Crippen LogP contribution in [-0.2, 0) is 21.4 Å². The number of carbonyl (C=O) groups is 1. The summed E-state index contributed by atoms with van der Waals surface area (Å²) in [6.45, 7) is 0.187. The predicted molar refractivity (Wildman–Crippen MR) is 124 cm³/mol. The van der Waals surface area contributed by atoms with E-state index in [1.807, 2.05) is 0 Å². The minimum atomic E-state index is -4.15. The van der Waals surface area contributed by atoms with E-state index in [9.17, 15) is 22.7 Å². The molecule has 4 aliphatic rings. The van der Waals surface area contributed by atoms with E-state index >= 15 is 0 Å². The molecule has 6 rings (SSSR count). The monoisotopic (exact) mass is 552 g/mol. The van der Waals surface area contributed by atoms with E-state index in [1.165, 1.54) is 24.4 Å². The van der Waals surface area contributed by atoms with Crippen molar-refractivity contribution in [2.45, 2.75) is 30.7 Å². The van der Waals surface area contributed by atoms with Crippen LogP contribution in [0.15, 0.2) is 61.6 Å². The van der Waals surface area contributed by atoms with Crippen molar-refractivity contribution in [3.05, 3.63) is 69.8 Å². The average molecular weight is 553 g/mol. The van der Waals surface area contributed by atoms with Crippen LogP contribution in [0.3, 0.4) is 0 Å². The number of halogens is 2. The Balaban J connectivity index is 0.00000253. The second-order valence-electron chi connectivity index (χ2n) is 8.99. The Morgan fingerprint density at radius 2 is 2.00 bits per heavy atom. The minimum absolute atomic E-state index is 0. The van der Waals surface area contributed by atoms with Gasteiger partial charge in [-0.05, 0) is 39.7 Å². The third-order valence-corrected chi connectivity index (χ3v) is 8.76. The fourth-order valence-electron chi connectivity index (χ4n) is 5.63. The van der Waals surface area contributed by atoms with Crippen LogP contribution < -0.4 is 24.2 Å². The molecule has 35 heavy (non-hydrogen) atoms. The zero-order valence-corrected chi connectivity index (χ0v) is 21.1. The first kappa shape index (κ1) is 24.5. The van der Waals surface area contributed by atoms with E-state index in [-0.39, 0.29) is 76.9 Å². The van der Waals surface area contributed by atoms with E-state index in [1.54, 1.807) is 17.0 Å². The molecule has 2 fully saturated rings. The molecule has 2 aliphatic carbocycles. The van der Waals surface area contributed by atoms with E-state index in [0.29, 0.717) is 4.47 Å². The normalized spacial score (nSPS) is 26.6. The zero-order chi connectivity index (χ0) is 23.8. The van der Waals surface area contributed by atoms with Crippen LogP contribution in [0.4, 0.5) is 10.2 Å². The van der Waals surface area contributed by atoms with Crippen LogP contribution in [0.25, 0.3) is 0 Å². The summed E-state index contributed by atoms with van der Waals surface area (Å²) in [5.41, 5.74) is 0.565. The van der Waals surface area contributed by atoms with Gasteiger partial charge in [0.15, 0.2) is 11.7 Å². The van der Waals surface area contributed by atoms with Crippen molar-refractivity contribution in [1.82, 2.24) is 9.88 Å². The number of hydrogen-bond donors (Lipinski definition) is 2. The second-order valence-corrected chi connectivity index (χ2v) is 11.5. The van der Waals surface area contributed by atoms with Gasteiger partial charge >= 0.3 is 18.9 Å². The molecule has 2 saturated carbocycles. The number of rotatable bonds is 3. The van der Waals surface area contributed by atoms with Crippen molar-refractivity contribution in [2.75, 3.05) is 5.32 Å². The molecule has 2 bridgehead atoms. The summed E-state index contributed by atoms with van der Waals surface area (Å²) < 4.78 is 43.5. The number of amides is 1. The van der Waals surface area contributed by atoms with Gasteiger partial charge in [-0.3, -0.25) is 4.79 Å². The summed E-state index contributed by atoms with van der Waals surface area (Å²) in [6.07, 6.45) is 4.16. The maximum absolute atomic E-state index is 13.8. The molecule has 0 unspecified atom stereocenters. The fourth-order valence-corrected chi connectivity index (χ4v) is 7.22. The van der Waals surface area contributed by atoms with Crippen molar-refractivity contribution in [3.63, 3.8) is 0 Å². The summed E-state index contributed by atoms with van der Waals surface area (Å²) in [5, 5.41) is 14.1. The molecule has 0 spiro atoms. The van der Waals surface area contributed by atoms with E-state index < -0.39 is 15.9 Å². The Kier molecular flexibility index (Phi) is 6.11. The quantitative estimate of drug-likeness (QED) is 0.433. The van der Waals surface area contributed by atoms with Gasteiger partial charge in [0.25, 0.3) is 10.0 Å². The number of aromatic nitrogens is 1. The number of hydrogen-bond acceptors (Lipinski definition) is 6. The number of aliphatic hydroxyl groups excluding tert-OH is 1. The summed E-state index contributed by atoms with van der Waals surface area (Å²) in [5.74, 6) is -1.30. The molecule has 2 N–H and O–H groups in total. The van der Waals surface area contributed by atoms with E-state index in [4.69, 9.17) is 0 Å². The molecule has 1 amide bonds. The number of anilines is 1. The third kappa shape index (κ3) is 3.93. The van der Waals surface area contributed by atoms with Crippen molar-refractivity contribution >= 4 is 43.5 Å². The van der Waals surface area contributed by atoms with Crippen molar-refractivity contribution in [1.29, 1.82) is 0 Å². The van der Waals surface area contributed by atoms with Crippen LogP contribution >= 0.6 is 15.9 Å². The van der Waals surface area contributed by atoms with Crippen molar-refractivity contribution < 1.29 is 41.6 Å². The van der Waals surface area contributed by atoms with Gasteiger partial charge in [-0.1, -0.05) is 43.2 Å². The maximum Gasteiger partial charge on any atom is 1.00 e. The number of sulfonamides is 1. The van der Waals surface area contributed by atoms with Crippen LogP contribution in [0.2, 0.25) is 0 Å². The smallest absolute Gasteiger partial charge is 0.514 e. The Bertz CT molecular complexity index is 1400. The fraction of sp³-hybridized carbons (Fsp3) is 0.304. The zero-order valence-electron chi connectivity index (χ0n) is 18.7. The number of aliphatic hydroxyl groups is 1. The van der Waals surface area contributed by atoms with Crippen LogP contribution in [0.5, 0.6) is 0 Å². The molecule has 176 valence electrons. The summed E-state index contributed by atoms with van der Waals surface area (Å²) >= 11 is 3.21. The number of pyridine rings is 1. The predicted octanol–water partition coefficient (Wildman–Crippen LogP) is 0.932. The number of fused-ring (bicyclic) bond motifs is 6. The molecule has 2 aliphatic heterocycles. The van der Waals surface area contributed by atoms with Gasteiger partial charge in [0.05, 0.1) is 5.76 Å². The van der Waals surface area contributed by atoms with Gasteiger partial charge < -0.3 is 15.3 Å². The number of benzene rings is 1. The number of carbonyl (C=O) groups excluding carboxylic acids is 1. The Morgan fingerprint density at radius 1 is 1.26 bits per heavy atom. The van der Waals surface area contributed by atoms with Crippen molar-refractivity contribution in [2.24, 2.45) is 22.2 Å². The first-order valence-corrected chi connectivity index (χ1v) is 13.1. The summed E-state index contributed by atoms with van der Waals surface area (Å²) in [4.78, 5) is 19.4. The Labute approximate surface area is 222 Å². The van der Waals surface area contributed by atoms with Gasteiger partial charge in [0.2, 0.25) is 5.91 Å². The molecular formula is C23H19BrFLiN4O4S. The molecule has 0 saturated heterocycles. The summed E-state index contributed by atoms with van der Waals surface area (Å²) in [6, 6.07) is 8.13. The number of nitrogens with zero attached hydrogens (tertiary/aromatic N) is 3. The number of amidine groups is 1. The van der Waals surface area contributed by atoms with Crippen LogP contribution in [-0.4, -0.2) is 35.2 Å². The molecule has 3 heterocycles. The minimum Gasteiger partial charge on any atom is -0.514 e. The average Bonchev–Trinajstić information content (AvgIpc) is 3.40. The maximum atomic E-state index is 13.8. The van der Waals surface area contributed by atoms with Gasteiger partial charge in [-0.2, -0.15) is 8.42 Å². The molecule has 2 aromatic rings. The van der Waals surface area contributed by atoms with Crippen molar-refractivity contribution in [3.8, 4) is 0 Å². The first-order valence-electron chi connectivity index (χ1n) is 10.9. The first-order chi connectivity index (χ1) is 16.2. The van der Waals surface area contributed by atoms with E-state index in [2.05, 4.69) is 30.6 Å². The van der Waals surface area contributed by atoms with E-state index in [0.717, 1.165) is 30.9 Å². The van der Waals surface area contributed by atoms with Crippen LogP contribution in [0, 0.1) is 29.6 Å². The SMILES string of the molecule is O=C1C(C2=NS(=O)(=O)c3cc(Br)cnc3N2)=C(O)[C@H]2[C-]([C@@H]3CC[C@H]2C3)N1Cc1ccc(F)cc1.[Li+]. The largest absolute Gasteiger partial charge is 1.00 e. The van der Waals surface area contributed by atoms with Gasteiger partial charge in [0.1, 0.15) is 16.3 Å². The molecule has 1 aromatic heterocycles. The topological polar surface area (TPSA) is 112 Å². The van der Waals surface area contributed by atoms with Gasteiger partial charge in [0, 0.05) is 17.2 Å². The van der Waals surface area contributed by atoms with Gasteiger partial charge in [-0.15, -0.1) is 10.3 Å². The Morgan fingerprint density at radius 3 is 2.74 bits per heavy atom. The molecular weight excluding hydrogens is 534 g/mol. The summed E-state index contributed by atoms with van der Waals surface area (Å²) in [7, 11) is -4.15.